The van der Waals surface area contributed by atoms with E-state index in [-0.39, 0.29) is 25.0 Å². The number of H-pyrrole nitrogens is 1. The predicted molar refractivity (Wildman–Crippen MR) is 97.7 cm³/mol. The maximum Gasteiger partial charge on any atom is 0.315 e. The molecule has 2 aromatic rings. The number of aromatic nitrogens is 2. The molecular weight excluding hydrogens is 346 g/mol. The number of aliphatic carboxylic acids is 1. The molecule has 142 valence electrons. The number of rotatable bonds is 4. The maximum atomic E-state index is 12.8. The van der Waals surface area contributed by atoms with Gasteiger partial charge >= 0.3 is 5.97 Å². The molecular formula is C20H23N3O4. The van der Waals surface area contributed by atoms with E-state index in [0.717, 1.165) is 28.3 Å². The van der Waals surface area contributed by atoms with Gasteiger partial charge in [0, 0.05) is 43.1 Å². The third kappa shape index (κ3) is 2.78. The van der Waals surface area contributed by atoms with Crippen molar-refractivity contribution < 1.29 is 19.4 Å². The number of aryl methyl sites for hydroxylation is 2. The minimum atomic E-state index is -1.08. The molecule has 2 unspecified atom stereocenters. The largest absolute Gasteiger partial charge is 0.492 e. The summed E-state index contributed by atoms with van der Waals surface area (Å²) in [6, 6.07) is 7.51. The smallest absolute Gasteiger partial charge is 0.315 e. The van der Waals surface area contributed by atoms with Gasteiger partial charge < -0.3 is 14.7 Å². The standard InChI is InChI=1S/C20H23N3O4/c1-12-13(2)21-22-16(12)7-8-18(24)23-9-15-14-5-3-4-6-17(14)27-11-20(15,10-23)19(25)26/h3-6,15H,7-11H2,1-2H3,(H,21,22)(H,25,26). The molecule has 27 heavy (non-hydrogen) atoms. The first kappa shape index (κ1) is 17.6. The van der Waals surface area contributed by atoms with Gasteiger partial charge in [0.15, 0.2) is 0 Å². The highest BCUT2D eigenvalue weighted by molar-refractivity contribution is 5.83. The molecule has 7 heteroatoms. The van der Waals surface area contributed by atoms with Crippen molar-refractivity contribution in [2.75, 3.05) is 19.7 Å². The Hall–Kier alpha value is -2.83. The van der Waals surface area contributed by atoms with E-state index in [1.165, 1.54) is 0 Å². The summed E-state index contributed by atoms with van der Waals surface area (Å²) in [6.07, 6.45) is 0.861. The van der Waals surface area contributed by atoms with Gasteiger partial charge in [0.05, 0.1) is 5.69 Å². The molecule has 0 bridgehead atoms. The highest BCUT2D eigenvalue weighted by Crippen LogP contribution is 2.49. The molecule has 2 aliphatic rings. The summed E-state index contributed by atoms with van der Waals surface area (Å²) in [7, 11) is 0. The number of aromatic amines is 1. The quantitative estimate of drug-likeness (QED) is 0.860. The van der Waals surface area contributed by atoms with Crippen LogP contribution in [-0.4, -0.2) is 51.8 Å². The lowest BCUT2D eigenvalue weighted by Crippen LogP contribution is -2.46. The van der Waals surface area contributed by atoms with Crippen LogP contribution in [0.2, 0.25) is 0 Å². The third-order valence-corrected chi connectivity index (χ3v) is 6.03. The second-order valence-electron chi connectivity index (χ2n) is 7.53. The van der Waals surface area contributed by atoms with Crippen LogP contribution in [0.25, 0.3) is 0 Å². The van der Waals surface area contributed by atoms with Crippen LogP contribution in [0.5, 0.6) is 5.75 Å². The normalized spacial score (nSPS) is 23.5. The molecule has 0 radical (unpaired) electrons. The fourth-order valence-electron chi connectivity index (χ4n) is 4.19. The fourth-order valence-corrected chi connectivity index (χ4v) is 4.19. The first-order chi connectivity index (χ1) is 12.9. The molecule has 2 aliphatic heterocycles. The topological polar surface area (TPSA) is 95.5 Å². The summed E-state index contributed by atoms with van der Waals surface area (Å²) in [4.78, 5) is 26.6. The van der Waals surface area contributed by atoms with E-state index < -0.39 is 11.4 Å². The number of carbonyl (C=O) groups is 2. The van der Waals surface area contributed by atoms with Crippen molar-refractivity contribution in [1.82, 2.24) is 15.1 Å². The third-order valence-electron chi connectivity index (χ3n) is 6.03. The lowest BCUT2D eigenvalue weighted by Gasteiger charge is -2.35. The summed E-state index contributed by atoms with van der Waals surface area (Å²) in [6.45, 7) is 4.61. The minimum Gasteiger partial charge on any atom is -0.492 e. The van der Waals surface area contributed by atoms with E-state index in [9.17, 15) is 14.7 Å². The summed E-state index contributed by atoms with van der Waals surface area (Å²) in [5.41, 5.74) is 2.76. The molecule has 1 aromatic heterocycles. The van der Waals surface area contributed by atoms with E-state index in [2.05, 4.69) is 10.2 Å². The Morgan fingerprint density at radius 2 is 2.15 bits per heavy atom. The highest BCUT2D eigenvalue weighted by atomic mass is 16.5. The Bertz CT molecular complexity index is 906. The molecule has 0 saturated carbocycles. The molecule has 1 amide bonds. The van der Waals surface area contributed by atoms with Crippen molar-refractivity contribution in [3.05, 3.63) is 46.8 Å². The number of nitrogens with one attached hydrogen (secondary N) is 1. The number of ether oxygens (including phenoxy) is 1. The fraction of sp³-hybridized carbons (Fsp3) is 0.450. The number of hydrogen-bond acceptors (Lipinski definition) is 4. The van der Waals surface area contributed by atoms with Crippen molar-refractivity contribution in [2.24, 2.45) is 5.41 Å². The van der Waals surface area contributed by atoms with Crippen molar-refractivity contribution in [3.8, 4) is 5.75 Å². The Balaban J connectivity index is 1.53. The Kier molecular flexibility index (Phi) is 4.17. The Morgan fingerprint density at radius 1 is 1.37 bits per heavy atom. The molecule has 7 nitrogen and oxygen atoms in total. The van der Waals surface area contributed by atoms with Crippen LogP contribution in [0, 0.1) is 19.3 Å². The van der Waals surface area contributed by atoms with Crippen molar-refractivity contribution in [2.45, 2.75) is 32.6 Å². The zero-order valence-electron chi connectivity index (χ0n) is 15.5. The van der Waals surface area contributed by atoms with Gasteiger partial charge in [0.25, 0.3) is 0 Å². The summed E-state index contributed by atoms with van der Waals surface area (Å²) >= 11 is 0. The number of hydrogen-bond donors (Lipinski definition) is 2. The molecule has 4 rings (SSSR count). The average molecular weight is 369 g/mol. The van der Waals surface area contributed by atoms with Crippen LogP contribution in [0.15, 0.2) is 24.3 Å². The molecule has 0 aliphatic carbocycles. The number of likely N-dealkylation sites (tertiary alicyclic amines) is 1. The number of carboxylic acids is 1. The van der Waals surface area contributed by atoms with Gasteiger partial charge in [-0.2, -0.15) is 5.10 Å². The summed E-state index contributed by atoms with van der Waals surface area (Å²) in [5, 5.41) is 17.1. The van der Waals surface area contributed by atoms with Gasteiger partial charge in [0.2, 0.25) is 5.91 Å². The van der Waals surface area contributed by atoms with Gasteiger partial charge in [0.1, 0.15) is 17.8 Å². The van der Waals surface area contributed by atoms with E-state index in [1.54, 1.807) is 4.90 Å². The molecule has 1 saturated heterocycles. The molecule has 3 heterocycles. The summed E-state index contributed by atoms with van der Waals surface area (Å²) < 4.78 is 5.74. The van der Waals surface area contributed by atoms with E-state index in [0.29, 0.717) is 19.4 Å². The van der Waals surface area contributed by atoms with Gasteiger partial charge in [-0.1, -0.05) is 18.2 Å². The lowest BCUT2D eigenvalue weighted by molar-refractivity contribution is -0.152. The number of amides is 1. The maximum absolute atomic E-state index is 12.8. The minimum absolute atomic E-state index is 0.0393. The van der Waals surface area contributed by atoms with Gasteiger partial charge in [-0.25, -0.2) is 0 Å². The van der Waals surface area contributed by atoms with Crippen LogP contribution >= 0.6 is 0 Å². The van der Waals surface area contributed by atoms with E-state index in [4.69, 9.17) is 4.74 Å². The van der Waals surface area contributed by atoms with Crippen LogP contribution < -0.4 is 4.74 Å². The van der Waals surface area contributed by atoms with Crippen LogP contribution in [0.4, 0.5) is 0 Å². The van der Waals surface area contributed by atoms with Gasteiger partial charge in [-0.05, 0) is 25.5 Å². The number of carboxylic acid groups (broad SMARTS) is 1. The zero-order chi connectivity index (χ0) is 19.2. The second-order valence-corrected chi connectivity index (χ2v) is 7.53. The first-order valence-electron chi connectivity index (χ1n) is 9.16. The molecule has 2 N–H and O–H groups in total. The average Bonchev–Trinajstić information content (AvgIpc) is 3.22. The van der Waals surface area contributed by atoms with Gasteiger partial charge in [-0.3, -0.25) is 14.7 Å². The van der Waals surface area contributed by atoms with Crippen LogP contribution in [0.1, 0.15) is 34.9 Å². The summed E-state index contributed by atoms with van der Waals surface area (Å²) in [5.74, 6) is -0.479. The SMILES string of the molecule is Cc1[nH]nc(CCC(=O)N2CC3c4ccccc4OCC3(C(=O)O)C2)c1C. The predicted octanol–water partition coefficient (Wildman–Crippen LogP) is 2.05. The van der Waals surface area contributed by atoms with Crippen LogP contribution in [-0.2, 0) is 16.0 Å². The van der Waals surface area contributed by atoms with Crippen molar-refractivity contribution in [3.63, 3.8) is 0 Å². The van der Waals surface area contributed by atoms with Gasteiger partial charge in [-0.15, -0.1) is 0 Å². The molecule has 1 aromatic carbocycles. The monoisotopic (exact) mass is 369 g/mol. The molecule has 1 fully saturated rings. The molecule has 0 spiro atoms. The van der Waals surface area contributed by atoms with Crippen molar-refractivity contribution in [1.29, 1.82) is 0 Å². The Labute approximate surface area is 157 Å². The van der Waals surface area contributed by atoms with E-state index >= 15 is 0 Å². The Morgan fingerprint density at radius 3 is 2.85 bits per heavy atom. The van der Waals surface area contributed by atoms with Crippen molar-refractivity contribution >= 4 is 11.9 Å². The number of benzene rings is 1. The highest BCUT2D eigenvalue weighted by Gasteiger charge is 2.57. The number of carbonyl (C=O) groups excluding carboxylic acids is 1. The lowest BCUT2D eigenvalue weighted by atomic mass is 9.73. The number of nitrogens with zero attached hydrogens (tertiary/aromatic N) is 2. The first-order valence-corrected chi connectivity index (χ1v) is 9.16. The number of fused-ring (bicyclic) bond motifs is 3. The zero-order valence-corrected chi connectivity index (χ0v) is 15.5. The molecule has 2 atom stereocenters. The second kappa shape index (κ2) is 6.40. The van der Waals surface area contributed by atoms with E-state index in [1.807, 2.05) is 38.1 Å². The number of para-hydroxylation sites is 1. The van der Waals surface area contributed by atoms with Crippen LogP contribution in [0.3, 0.4) is 0 Å².